The highest BCUT2D eigenvalue weighted by molar-refractivity contribution is 7.09. The molecule has 1 aliphatic rings. The molecule has 0 atom stereocenters. The molecule has 0 saturated heterocycles. The standard InChI is InChI=1S/C12H7ClN2O2S/c13-7-2-1-3-8-10(7)11(16)12(17)15(8)6-9-14-4-5-18-9/h1-5H,6H2. The lowest BCUT2D eigenvalue weighted by molar-refractivity contribution is -0.114. The fourth-order valence-electron chi connectivity index (χ4n) is 1.92. The summed E-state index contributed by atoms with van der Waals surface area (Å²) in [5, 5.41) is 2.92. The molecule has 0 aliphatic carbocycles. The van der Waals surface area contributed by atoms with Crippen LogP contribution in [0.1, 0.15) is 15.4 Å². The number of nitrogens with zero attached hydrogens (tertiary/aromatic N) is 2. The second-order valence-corrected chi connectivity index (χ2v) is 5.17. The first-order valence-electron chi connectivity index (χ1n) is 5.21. The van der Waals surface area contributed by atoms with Crippen LogP contribution in [0.3, 0.4) is 0 Å². The molecular weight excluding hydrogens is 272 g/mol. The maximum atomic E-state index is 11.9. The van der Waals surface area contributed by atoms with Crippen LogP contribution in [0.25, 0.3) is 0 Å². The Hall–Kier alpha value is -1.72. The number of rotatable bonds is 2. The van der Waals surface area contributed by atoms with Crippen molar-refractivity contribution in [3.8, 4) is 0 Å². The molecule has 0 unspecified atom stereocenters. The summed E-state index contributed by atoms with van der Waals surface area (Å²) in [5.74, 6) is -1.10. The highest BCUT2D eigenvalue weighted by atomic mass is 35.5. The van der Waals surface area contributed by atoms with Crippen molar-refractivity contribution in [2.75, 3.05) is 4.90 Å². The zero-order valence-corrected chi connectivity index (χ0v) is 10.7. The first-order chi connectivity index (χ1) is 8.68. The van der Waals surface area contributed by atoms with Gasteiger partial charge in [0.15, 0.2) is 0 Å². The molecule has 0 fully saturated rings. The first kappa shape index (κ1) is 11.4. The summed E-state index contributed by atoms with van der Waals surface area (Å²) in [6.07, 6.45) is 1.67. The summed E-state index contributed by atoms with van der Waals surface area (Å²) < 4.78 is 0. The van der Waals surface area contributed by atoms with E-state index in [1.165, 1.54) is 16.2 Å². The number of carbonyl (C=O) groups is 2. The molecule has 0 spiro atoms. The second kappa shape index (κ2) is 4.19. The van der Waals surface area contributed by atoms with E-state index in [0.29, 0.717) is 22.8 Å². The van der Waals surface area contributed by atoms with Crippen molar-refractivity contribution in [2.24, 2.45) is 0 Å². The van der Waals surface area contributed by atoms with E-state index < -0.39 is 11.7 Å². The second-order valence-electron chi connectivity index (χ2n) is 3.78. The summed E-state index contributed by atoms with van der Waals surface area (Å²) >= 11 is 7.41. The molecule has 1 aromatic carbocycles. The van der Waals surface area contributed by atoms with Crippen LogP contribution in [0.4, 0.5) is 5.69 Å². The molecule has 0 radical (unpaired) electrons. The number of thiazole rings is 1. The van der Waals surface area contributed by atoms with E-state index in [4.69, 9.17) is 11.6 Å². The number of hydrogen-bond acceptors (Lipinski definition) is 4. The zero-order chi connectivity index (χ0) is 12.7. The van der Waals surface area contributed by atoms with Crippen LogP contribution < -0.4 is 4.90 Å². The van der Waals surface area contributed by atoms with Gasteiger partial charge in [-0.3, -0.25) is 14.5 Å². The quantitative estimate of drug-likeness (QED) is 0.793. The topological polar surface area (TPSA) is 50.3 Å². The van der Waals surface area contributed by atoms with Crippen molar-refractivity contribution >= 4 is 40.3 Å². The van der Waals surface area contributed by atoms with Crippen molar-refractivity contribution in [2.45, 2.75) is 6.54 Å². The molecule has 1 amide bonds. The minimum Gasteiger partial charge on any atom is -0.298 e. The lowest BCUT2D eigenvalue weighted by Gasteiger charge is -2.14. The van der Waals surface area contributed by atoms with Crippen LogP contribution in [0.15, 0.2) is 29.8 Å². The average Bonchev–Trinajstić information content (AvgIpc) is 2.94. The molecule has 90 valence electrons. The number of benzene rings is 1. The van der Waals surface area contributed by atoms with E-state index in [0.717, 1.165) is 5.01 Å². The Morgan fingerprint density at radius 3 is 2.89 bits per heavy atom. The van der Waals surface area contributed by atoms with Gasteiger partial charge in [0.2, 0.25) is 0 Å². The fourth-order valence-corrected chi connectivity index (χ4v) is 2.78. The Morgan fingerprint density at radius 2 is 2.17 bits per heavy atom. The van der Waals surface area contributed by atoms with Crippen LogP contribution in [0.2, 0.25) is 5.02 Å². The summed E-state index contributed by atoms with van der Waals surface area (Å²) in [5.41, 5.74) is 0.855. The van der Waals surface area contributed by atoms with Gasteiger partial charge in [-0.15, -0.1) is 11.3 Å². The Bertz CT molecular complexity index is 640. The van der Waals surface area contributed by atoms with Crippen molar-refractivity contribution in [3.63, 3.8) is 0 Å². The number of fused-ring (bicyclic) bond motifs is 1. The van der Waals surface area contributed by atoms with Gasteiger partial charge in [-0.2, -0.15) is 0 Å². The number of hydrogen-bond donors (Lipinski definition) is 0. The van der Waals surface area contributed by atoms with Gasteiger partial charge in [0.1, 0.15) is 5.01 Å². The van der Waals surface area contributed by atoms with E-state index in [2.05, 4.69) is 4.98 Å². The highest BCUT2D eigenvalue weighted by Crippen LogP contribution is 2.35. The number of amides is 1. The molecule has 0 N–H and O–H groups in total. The molecule has 0 bridgehead atoms. The van der Waals surface area contributed by atoms with Gasteiger partial charge < -0.3 is 0 Å². The fraction of sp³-hybridized carbons (Fsp3) is 0.0833. The minimum atomic E-state index is -0.549. The lowest BCUT2D eigenvalue weighted by atomic mass is 10.1. The molecule has 1 aliphatic heterocycles. The number of carbonyl (C=O) groups excluding carboxylic acids is 2. The van der Waals surface area contributed by atoms with Crippen molar-refractivity contribution in [3.05, 3.63) is 45.4 Å². The Balaban J connectivity index is 2.05. The summed E-state index contributed by atoms with van der Waals surface area (Å²) in [6.45, 7) is 0.301. The SMILES string of the molecule is O=C1C(=O)N(Cc2nccs2)c2cccc(Cl)c21. The molecular formula is C12H7ClN2O2S. The smallest absolute Gasteiger partial charge is 0.298 e. The number of ketones is 1. The summed E-state index contributed by atoms with van der Waals surface area (Å²) in [6, 6.07) is 5.05. The maximum Gasteiger partial charge on any atom is 0.299 e. The molecule has 4 nitrogen and oxygen atoms in total. The molecule has 18 heavy (non-hydrogen) atoms. The lowest BCUT2D eigenvalue weighted by Crippen LogP contribution is -2.29. The van der Waals surface area contributed by atoms with Gasteiger partial charge in [-0.1, -0.05) is 17.7 Å². The van der Waals surface area contributed by atoms with Crippen LogP contribution in [0.5, 0.6) is 0 Å². The van der Waals surface area contributed by atoms with Crippen molar-refractivity contribution in [1.29, 1.82) is 0 Å². The van der Waals surface area contributed by atoms with E-state index in [1.807, 2.05) is 5.38 Å². The van der Waals surface area contributed by atoms with Gasteiger partial charge in [0.05, 0.1) is 22.8 Å². The Morgan fingerprint density at radius 1 is 1.33 bits per heavy atom. The predicted molar refractivity (Wildman–Crippen MR) is 69.1 cm³/mol. The van der Waals surface area contributed by atoms with Gasteiger partial charge in [-0.25, -0.2) is 4.98 Å². The molecule has 2 heterocycles. The van der Waals surface area contributed by atoms with E-state index in [-0.39, 0.29) is 0 Å². The number of anilines is 1. The summed E-state index contributed by atoms with van der Waals surface area (Å²) in [4.78, 5) is 29.3. The zero-order valence-electron chi connectivity index (χ0n) is 9.09. The number of aromatic nitrogens is 1. The van der Waals surface area contributed by atoms with Crippen LogP contribution in [0, 0.1) is 0 Å². The number of halogens is 1. The van der Waals surface area contributed by atoms with Crippen LogP contribution in [-0.4, -0.2) is 16.7 Å². The molecule has 0 saturated carbocycles. The number of Topliss-reactive ketones (excluding diaryl/α,β-unsaturated/α-hetero) is 1. The maximum absolute atomic E-state index is 11.9. The summed E-state index contributed by atoms with van der Waals surface area (Å²) in [7, 11) is 0. The van der Waals surface area contributed by atoms with Gasteiger partial charge >= 0.3 is 0 Å². The average molecular weight is 279 g/mol. The largest absolute Gasteiger partial charge is 0.299 e. The third-order valence-corrected chi connectivity index (χ3v) is 3.81. The molecule has 2 aromatic rings. The van der Waals surface area contributed by atoms with Crippen molar-refractivity contribution in [1.82, 2.24) is 4.98 Å². The molecule has 6 heteroatoms. The third-order valence-electron chi connectivity index (χ3n) is 2.73. The van der Waals surface area contributed by atoms with Crippen LogP contribution in [-0.2, 0) is 11.3 Å². The van der Waals surface area contributed by atoms with Crippen molar-refractivity contribution < 1.29 is 9.59 Å². The monoisotopic (exact) mass is 278 g/mol. The third kappa shape index (κ3) is 1.63. The molecule has 1 aromatic heterocycles. The van der Waals surface area contributed by atoms with Gasteiger partial charge in [0, 0.05) is 11.6 Å². The molecule has 3 rings (SSSR count). The first-order valence-corrected chi connectivity index (χ1v) is 6.47. The van der Waals surface area contributed by atoms with E-state index in [9.17, 15) is 9.59 Å². The van der Waals surface area contributed by atoms with Gasteiger partial charge in [-0.05, 0) is 12.1 Å². The predicted octanol–water partition coefficient (Wildman–Crippen LogP) is 2.53. The highest BCUT2D eigenvalue weighted by Gasteiger charge is 2.37. The Labute approximate surface area is 112 Å². The van der Waals surface area contributed by atoms with Gasteiger partial charge in [0.25, 0.3) is 11.7 Å². The van der Waals surface area contributed by atoms with E-state index >= 15 is 0 Å². The minimum absolute atomic E-state index is 0.292. The Kier molecular flexibility index (Phi) is 2.65. The van der Waals surface area contributed by atoms with Crippen LogP contribution >= 0.6 is 22.9 Å². The normalized spacial score (nSPS) is 14.2. The van der Waals surface area contributed by atoms with E-state index in [1.54, 1.807) is 24.4 Å².